The third-order valence-corrected chi connectivity index (χ3v) is 5.25. The highest BCUT2D eigenvalue weighted by molar-refractivity contribution is 7.08. The summed E-state index contributed by atoms with van der Waals surface area (Å²) < 4.78 is 5.51. The third kappa shape index (κ3) is 3.22. The summed E-state index contributed by atoms with van der Waals surface area (Å²) in [5.41, 5.74) is 3.38. The van der Waals surface area contributed by atoms with E-state index in [2.05, 4.69) is 4.99 Å². The fourth-order valence-corrected chi connectivity index (χ4v) is 4.16. The Morgan fingerprint density at radius 1 is 1.42 bits per heavy atom. The molecule has 128 valence electrons. The van der Waals surface area contributed by atoms with Crippen molar-refractivity contribution in [1.82, 2.24) is 0 Å². The average Bonchev–Trinajstić information content (AvgIpc) is 3.05. The number of allylic oxidation sites excluding steroid dienone is 2. The molecule has 2 heterocycles. The summed E-state index contributed by atoms with van der Waals surface area (Å²) in [6.07, 6.45) is 2.20. The number of carbonyl (C=O) groups is 2. The summed E-state index contributed by atoms with van der Waals surface area (Å²) in [7, 11) is 0. The molecular formula is C19H23NO3S. The highest BCUT2D eigenvalue weighted by Gasteiger charge is 2.43. The first kappa shape index (κ1) is 17.1. The molecule has 4 nitrogen and oxygen atoms in total. The minimum Gasteiger partial charge on any atom is -0.465 e. The summed E-state index contributed by atoms with van der Waals surface area (Å²) >= 11 is 1.58. The predicted molar refractivity (Wildman–Crippen MR) is 95.3 cm³/mol. The number of hydrogen-bond acceptors (Lipinski definition) is 5. The van der Waals surface area contributed by atoms with Gasteiger partial charge in [-0.1, -0.05) is 13.8 Å². The number of aliphatic imine (C=N–C) groups is 1. The summed E-state index contributed by atoms with van der Waals surface area (Å²) in [6, 6.07) is 2.00. The molecule has 1 aliphatic carbocycles. The largest absolute Gasteiger partial charge is 0.465 e. The summed E-state index contributed by atoms with van der Waals surface area (Å²) in [5, 5.41) is 4.01. The van der Waals surface area contributed by atoms with Crippen LogP contribution < -0.4 is 0 Å². The molecule has 5 heteroatoms. The van der Waals surface area contributed by atoms with Crippen LogP contribution in [0, 0.1) is 11.8 Å². The fraction of sp³-hybridized carbons (Fsp3) is 0.526. The molecule has 2 atom stereocenters. The Labute approximate surface area is 146 Å². The van der Waals surface area contributed by atoms with Crippen molar-refractivity contribution in [2.45, 2.75) is 46.0 Å². The Morgan fingerprint density at radius 2 is 2.21 bits per heavy atom. The minimum absolute atomic E-state index is 0.130. The lowest BCUT2D eigenvalue weighted by molar-refractivity contribution is -0.147. The number of ketones is 1. The first-order valence-electron chi connectivity index (χ1n) is 8.49. The molecule has 3 rings (SSSR count). The number of nitrogens with zero attached hydrogens (tertiary/aromatic N) is 1. The molecular weight excluding hydrogens is 322 g/mol. The lowest BCUT2D eigenvalue weighted by atomic mass is 9.72. The van der Waals surface area contributed by atoms with Crippen molar-refractivity contribution in [2.75, 3.05) is 6.61 Å². The van der Waals surface area contributed by atoms with E-state index in [1.807, 2.05) is 37.6 Å². The maximum atomic E-state index is 12.8. The van der Waals surface area contributed by atoms with Crippen molar-refractivity contribution in [2.24, 2.45) is 16.8 Å². The number of carbonyl (C=O) groups excluding carboxylic acids is 2. The van der Waals surface area contributed by atoms with Gasteiger partial charge in [0.1, 0.15) is 5.92 Å². The molecule has 1 aliphatic heterocycles. The first-order valence-corrected chi connectivity index (χ1v) is 9.43. The van der Waals surface area contributed by atoms with Gasteiger partial charge in [-0.15, -0.1) is 0 Å². The fourth-order valence-electron chi connectivity index (χ4n) is 3.46. The van der Waals surface area contributed by atoms with Gasteiger partial charge in [0.15, 0.2) is 5.78 Å². The number of ether oxygens (including phenoxy) is 1. The second-order valence-electron chi connectivity index (χ2n) is 6.93. The summed E-state index contributed by atoms with van der Waals surface area (Å²) in [6.45, 7) is 6.29. The van der Waals surface area contributed by atoms with E-state index in [0.29, 0.717) is 13.0 Å². The van der Waals surface area contributed by atoms with Gasteiger partial charge in [-0.05, 0) is 48.1 Å². The zero-order valence-corrected chi connectivity index (χ0v) is 15.2. The van der Waals surface area contributed by atoms with E-state index >= 15 is 0 Å². The van der Waals surface area contributed by atoms with Crippen LogP contribution in [0.2, 0.25) is 0 Å². The number of rotatable bonds is 4. The molecule has 2 aliphatic rings. The Hall–Kier alpha value is -1.75. The second kappa shape index (κ2) is 7.01. The first-order chi connectivity index (χ1) is 11.5. The lowest BCUT2D eigenvalue weighted by Crippen LogP contribution is -2.37. The van der Waals surface area contributed by atoms with Gasteiger partial charge in [0.2, 0.25) is 0 Å². The van der Waals surface area contributed by atoms with Crippen molar-refractivity contribution in [3.05, 3.63) is 33.7 Å². The van der Waals surface area contributed by atoms with Crippen LogP contribution in [0.5, 0.6) is 0 Å². The highest BCUT2D eigenvalue weighted by Crippen LogP contribution is 2.44. The average molecular weight is 345 g/mol. The molecule has 0 bridgehead atoms. The van der Waals surface area contributed by atoms with E-state index in [4.69, 9.17) is 4.74 Å². The molecule has 24 heavy (non-hydrogen) atoms. The van der Waals surface area contributed by atoms with Crippen LogP contribution in [0.4, 0.5) is 0 Å². The van der Waals surface area contributed by atoms with Gasteiger partial charge in [-0.2, -0.15) is 11.3 Å². The van der Waals surface area contributed by atoms with Crippen molar-refractivity contribution in [1.29, 1.82) is 0 Å². The van der Waals surface area contributed by atoms with Crippen LogP contribution in [0.25, 0.3) is 0 Å². The van der Waals surface area contributed by atoms with E-state index in [9.17, 15) is 9.59 Å². The van der Waals surface area contributed by atoms with Crippen LogP contribution in [0.3, 0.4) is 0 Å². The predicted octanol–water partition coefficient (Wildman–Crippen LogP) is 4.13. The van der Waals surface area contributed by atoms with Gasteiger partial charge < -0.3 is 4.74 Å². The summed E-state index contributed by atoms with van der Waals surface area (Å²) in [4.78, 5) is 30.0. The van der Waals surface area contributed by atoms with Gasteiger partial charge in [-0.25, -0.2) is 0 Å². The molecule has 0 amide bonds. The van der Waals surface area contributed by atoms with Crippen molar-refractivity contribution >= 4 is 28.8 Å². The van der Waals surface area contributed by atoms with Crippen LogP contribution in [0.15, 0.2) is 33.1 Å². The monoisotopic (exact) mass is 345 g/mol. The third-order valence-electron chi connectivity index (χ3n) is 4.55. The molecule has 0 fully saturated rings. The molecule has 1 aromatic heterocycles. The van der Waals surface area contributed by atoms with Crippen molar-refractivity contribution in [3.63, 3.8) is 0 Å². The van der Waals surface area contributed by atoms with Crippen molar-refractivity contribution in [3.8, 4) is 0 Å². The van der Waals surface area contributed by atoms with Gasteiger partial charge in [0, 0.05) is 29.3 Å². The topological polar surface area (TPSA) is 55.7 Å². The van der Waals surface area contributed by atoms with E-state index in [0.717, 1.165) is 35.4 Å². The number of Topliss-reactive ketones (excluding diaryl/α,β-unsaturated/α-hetero) is 1. The molecule has 1 aromatic rings. The molecule has 1 unspecified atom stereocenters. The van der Waals surface area contributed by atoms with Gasteiger partial charge in [0.05, 0.1) is 6.61 Å². The maximum Gasteiger partial charge on any atom is 0.315 e. The Morgan fingerprint density at radius 3 is 2.88 bits per heavy atom. The van der Waals surface area contributed by atoms with E-state index in [-0.39, 0.29) is 23.6 Å². The SMILES string of the molecule is CC1=NC2=C(C(=O)CCC2)[C@@H](c2ccsc2)C1C(=O)OCC(C)C. The van der Waals surface area contributed by atoms with Crippen LogP contribution in [0.1, 0.15) is 51.5 Å². The van der Waals surface area contributed by atoms with E-state index in [1.54, 1.807) is 11.3 Å². The number of esters is 1. The van der Waals surface area contributed by atoms with Gasteiger partial charge in [0.25, 0.3) is 0 Å². The molecule has 0 N–H and O–H groups in total. The Kier molecular flexibility index (Phi) is 4.99. The Balaban J connectivity index is 2.01. The second-order valence-corrected chi connectivity index (χ2v) is 7.71. The molecule has 0 radical (unpaired) electrons. The van der Waals surface area contributed by atoms with Crippen LogP contribution >= 0.6 is 11.3 Å². The normalized spacial score (nSPS) is 24.0. The van der Waals surface area contributed by atoms with Gasteiger partial charge in [-0.3, -0.25) is 14.6 Å². The smallest absolute Gasteiger partial charge is 0.315 e. The zero-order valence-electron chi connectivity index (χ0n) is 14.4. The van der Waals surface area contributed by atoms with E-state index < -0.39 is 5.92 Å². The molecule has 0 spiro atoms. The molecule has 0 saturated heterocycles. The van der Waals surface area contributed by atoms with Crippen LogP contribution in [-0.4, -0.2) is 24.1 Å². The molecule has 0 aromatic carbocycles. The molecule has 0 saturated carbocycles. The number of hydrogen-bond donors (Lipinski definition) is 0. The minimum atomic E-state index is -0.501. The quantitative estimate of drug-likeness (QED) is 0.771. The van der Waals surface area contributed by atoms with Crippen LogP contribution in [-0.2, 0) is 14.3 Å². The highest BCUT2D eigenvalue weighted by atomic mass is 32.1. The Bertz CT molecular complexity index is 700. The maximum absolute atomic E-state index is 12.8. The van der Waals surface area contributed by atoms with E-state index in [1.165, 1.54) is 0 Å². The van der Waals surface area contributed by atoms with Gasteiger partial charge >= 0.3 is 5.97 Å². The standard InChI is InChI=1S/C19H23NO3S/c1-11(2)9-23-19(22)16-12(3)20-14-5-4-6-15(21)18(14)17(16)13-7-8-24-10-13/h7-8,10-11,16-17H,4-6,9H2,1-3H3/t16?,17-/m0/s1. The van der Waals surface area contributed by atoms with Crippen molar-refractivity contribution < 1.29 is 14.3 Å². The number of thiophene rings is 1. The summed E-state index contributed by atoms with van der Waals surface area (Å²) in [5.74, 6) is -0.618. The lowest BCUT2D eigenvalue weighted by Gasteiger charge is -2.34. The zero-order chi connectivity index (χ0) is 17.3.